The second-order valence-electron chi connectivity index (χ2n) is 4.35. The van der Waals surface area contributed by atoms with Crippen LogP contribution in [0, 0.1) is 4.77 Å². The first kappa shape index (κ1) is 11.9. The van der Waals surface area contributed by atoms with Gasteiger partial charge in [-0.3, -0.25) is 14.9 Å². The van der Waals surface area contributed by atoms with Gasteiger partial charge in [-0.25, -0.2) is 0 Å². The van der Waals surface area contributed by atoms with Crippen LogP contribution in [0.5, 0.6) is 0 Å². The summed E-state index contributed by atoms with van der Waals surface area (Å²) in [6, 6.07) is 9.99. The van der Waals surface area contributed by atoms with Crippen LogP contribution >= 0.6 is 12.2 Å². The second kappa shape index (κ2) is 4.38. The highest BCUT2D eigenvalue weighted by atomic mass is 32.1. The van der Waals surface area contributed by atoms with E-state index in [0.29, 0.717) is 5.32 Å². The summed E-state index contributed by atoms with van der Waals surface area (Å²) < 4.78 is 0.261. The summed E-state index contributed by atoms with van der Waals surface area (Å²) in [7, 11) is -2.06. The van der Waals surface area contributed by atoms with Gasteiger partial charge in [-0.2, -0.15) is 5.10 Å². The highest BCUT2D eigenvalue weighted by molar-refractivity contribution is 7.71. The molecule has 6 heteroatoms. The molecule has 1 aromatic heterocycles. The molecule has 0 atom stereocenters. The van der Waals surface area contributed by atoms with E-state index in [1.807, 2.05) is 30.3 Å². The third kappa shape index (κ3) is 2.27. The molecule has 17 heavy (non-hydrogen) atoms. The van der Waals surface area contributed by atoms with Gasteiger partial charge in [0.25, 0.3) is 5.56 Å². The molecule has 2 aromatic rings. The molecule has 1 aromatic carbocycles. The zero-order valence-corrected chi connectivity index (χ0v) is 11.5. The van der Waals surface area contributed by atoms with Crippen molar-refractivity contribution in [3.05, 3.63) is 45.5 Å². The average molecular weight is 263 g/mol. The van der Waals surface area contributed by atoms with Gasteiger partial charge in [0.15, 0.2) is 4.77 Å². The summed E-state index contributed by atoms with van der Waals surface area (Å²) in [4.78, 5) is 14.5. The Kier molecular flexibility index (Phi) is 3.08. The molecule has 0 radical (unpaired) electrons. The molecule has 0 aliphatic heterocycles. The lowest BCUT2D eigenvalue weighted by Gasteiger charge is -2.20. The van der Waals surface area contributed by atoms with Crippen molar-refractivity contribution >= 4 is 30.8 Å². The molecule has 0 unspecified atom stereocenters. The lowest BCUT2D eigenvalue weighted by Crippen LogP contribution is -2.60. The molecule has 4 nitrogen and oxygen atoms in total. The van der Waals surface area contributed by atoms with Gasteiger partial charge < -0.3 is 0 Å². The Labute approximate surface area is 105 Å². The largest absolute Gasteiger partial charge is 0.297 e. The first-order valence-corrected chi connectivity index (χ1v) is 8.67. The zero-order chi connectivity index (χ0) is 12.5. The first-order chi connectivity index (χ1) is 8.01. The molecule has 0 aliphatic rings. The molecule has 2 rings (SSSR count). The van der Waals surface area contributed by atoms with Crippen molar-refractivity contribution in [2.45, 2.75) is 13.1 Å². The predicted molar refractivity (Wildman–Crippen MR) is 73.2 cm³/mol. The van der Waals surface area contributed by atoms with Crippen LogP contribution in [0.1, 0.15) is 0 Å². The molecule has 0 fully saturated rings. The van der Waals surface area contributed by atoms with Gasteiger partial charge in [0.1, 0.15) is 13.4 Å². The van der Waals surface area contributed by atoms with Crippen molar-refractivity contribution in [3.8, 4) is 0 Å². The molecule has 0 bridgehead atoms. The van der Waals surface area contributed by atoms with Crippen LogP contribution in [0.3, 0.4) is 0 Å². The Morgan fingerprint density at radius 1 is 1.24 bits per heavy atom. The molecule has 0 saturated carbocycles. The maximum atomic E-state index is 11.9. The number of hydrogen-bond acceptors (Lipinski definition) is 3. The Morgan fingerprint density at radius 3 is 2.47 bits per heavy atom. The normalized spacial score (nSPS) is 11.4. The summed E-state index contributed by atoms with van der Waals surface area (Å²) in [6.45, 7) is 4.19. The highest BCUT2D eigenvalue weighted by Gasteiger charge is 2.30. The molecule has 0 amide bonds. The lowest BCUT2D eigenvalue weighted by molar-refractivity contribution is 0.946. The number of nitrogens with one attached hydrogen (secondary N) is 2. The summed E-state index contributed by atoms with van der Waals surface area (Å²) in [5, 5.41) is 8.51. The van der Waals surface area contributed by atoms with Gasteiger partial charge in [-0.15, -0.1) is 0 Å². The molecule has 0 aliphatic carbocycles. The third-order valence-electron chi connectivity index (χ3n) is 2.80. The van der Waals surface area contributed by atoms with E-state index >= 15 is 0 Å². The van der Waals surface area contributed by atoms with Crippen molar-refractivity contribution in [3.63, 3.8) is 0 Å². The van der Waals surface area contributed by atoms with Crippen molar-refractivity contribution in [1.29, 1.82) is 0 Å². The Hall–Kier alpha value is -1.53. The number of benzene rings is 1. The van der Waals surface area contributed by atoms with Gasteiger partial charge >= 0.3 is 0 Å². The Bertz CT molecular complexity index is 633. The standard InChI is InChI=1S/C11H13N3OSSi/c1-17(2,8-6-4-3-5-7-8)10-9(15)12-11(16)14-13-10/h3-7H,1-2H3,(H2,12,14,15,16). The van der Waals surface area contributed by atoms with Crippen LogP contribution in [-0.4, -0.2) is 23.3 Å². The Morgan fingerprint density at radius 2 is 1.88 bits per heavy atom. The predicted octanol–water partition coefficient (Wildman–Crippen LogP) is 0.650. The number of hydrogen-bond donors (Lipinski definition) is 2. The fourth-order valence-electron chi connectivity index (χ4n) is 1.76. The molecule has 2 N–H and O–H groups in total. The minimum atomic E-state index is -2.06. The van der Waals surface area contributed by atoms with Crippen LogP contribution in [0.2, 0.25) is 13.1 Å². The van der Waals surface area contributed by atoms with Gasteiger partial charge in [-0.05, 0) is 12.2 Å². The van der Waals surface area contributed by atoms with Crippen LogP contribution in [-0.2, 0) is 0 Å². The fraction of sp³-hybridized carbons (Fsp3) is 0.182. The van der Waals surface area contributed by atoms with E-state index < -0.39 is 8.07 Å². The second-order valence-corrected chi connectivity index (χ2v) is 9.06. The molecular weight excluding hydrogens is 250 g/mol. The van der Waals surface area contributed by atoms with E-state index in [4.69, 9.17) is 12.2 Å². The number of aromatic nitrogens is 3. The van der Waals surface area contributed by atoms with Gasteiger partial charge in [-0.1, -0.05) is 48.6 Å². The number of aromatic amines is 2. The lowest BCUT2D eigenvalue weighted by atomic mass is 10.4. The van der Waals surface area contributed by atoms with E-state index in [1.165, 1.54) is 5.19 Å². The van der Waals surface area contributed by atoms with Crippen LogP contribution in [0.15, 0.2) is 35.1 Å². The van der Waals surface area contributed by atoms with E-state index in [9.17, 15) is 4.79 Å². The van der Waals surface area contributed by atoms with E-state index in [2.05, 4.69) is 28.3 Å². The van der Waals surface area contributed by atoms with Crippen molar-refractivity contribution in [2.75, 3.05) is 0 Å². The maximum Gasteiger partial charge on any atom is 0.269 e. The summed E-state index contributed by atoms with van der Waals surface area (Å²) in [6.07, 6.45) is 0. The summed E-state index contributed by atoms with van der Waals surface area (Å²) in [5.74, 6) is 0. The van der Waals surface area contributed by atoms with Gasteiger partial charge in [0.2, 0.25) is 0 Å². The minimum Gasteiger partial charge on any atom is -0.297 e. The number of H-pyrrole nitrogens is 2. The number of nitrogens with zero attached hydrogens (tertiary/aromatic N) is 1. The van der Waals surface area contributed by atoms with Crippen LogP contribution in [0.4, 0.5) is 0 Å². The monoisotopic (exact) mass is 263 g/mol. The molecule has 88 valence electrons. The molecule has 0 spiro atoms. The summed E-state index contributed by atoms with van der Waals surface area (Å²) in [5.41, 5.74) is -0.186. The highest BCUT2D eigenvalue weighted by Crippen LogP contribution is 1.99. The van der Waals surface area contributed by atoms with E-state index in [0.717, 1.165) is 0 Å². The van der Waals surface area contributed by atoms with Crippen LogP contribution < -0.4 is 16.1 Å². The number of rotatable bonds is 2. The third-order valence-corrected chi connectivity index (χ3v) is 6.29. The van der Waals surface area contributed by atoms with Crippen molar-refractivity contribution < 1.29 is 0 Å². The van der Waals surface area contributed by atoms with E-state index in [1.54, 1.807) is 0 Å². The average Bonchev–Trinajstić information content (AvgIpc) is 2.29. The van der Waals surface area contributed by atoms with E-state index in [-0.39, 0.29) is 10.3 Å². The van der Waals surface area contributed by atoms with Gasteiger partial charge in [0.05, 0.1) is 0 Å². The molecule has 0 saturated heterocycles. The SMILES string of the molecule is C[Si](C)(c1ccccc1)c1n[nH]c(=S)[nH]c1=O. The van der Waals surface area contributed by atoms with Gasteiger partial charge in [0, 0.05) is 0 Å². The van der Waals surface area contributed by atoms with Crippen LogP contribution in [0.25, 0.3) is 0 Å². The molecule has 1 heterocycles. The summed E-state index contributed by atoms with van der Waals surface area (Å²) >= 11 is 4.84. The quantitative estimate of drug-likeness (QED) is 0.618. The van der Waals surface area contributed by atoms with Crippen molar-refractivity contribution in [2.24, 2.45) is 0 Å². The maximum absolute atomic E-state index is 11.9. The Balaban J connectivity index is 2.60. The molecular formula is C11H13N3OSSi. The first-order valence-electron chi connectivity index (χ1n) is 5.27. The zero-order valence-electron chi connectivity index (χ0n) is 9.65. The smallest absolute Gasteiger partial charge is 0.269 e. The topological polar surface area (TPSA) is 61.5 Å². The van der Waals surface area contributed by atoms with Crippen molar-refractivity contribution in [1.82, 2.24) is 15.2 Å². The minimum absolute atomic E-state index is 0.186. The fourth-order valence-corrected chi connectivity index (χ4v) is 4.17.